The first-order chi connectivity index (χ1) is 14.4. The fourth-order valence-electron chi connectivity index (χ4n) is 3.06. The molecule has 0 spiro atoms. The van der Waals surface area contributed by atoms with Crippen molar-refractivity contribution in [3.63, 3.8) is 0 Å². The van der Waals surface area contributed by atoms with Crippen LogP contribution in [0, 0.1) is 12.7 Å². The lowest BCUT2D eigenvalue weighted by molar-refractivity contribution is 0.580. The van der Waals surface area contributed by atoms with Crippen molar-refractivity contribution < 1.29 is 12.8 Å². The number of aromatic nitrogens is 1. The van der Waals surface area contributed by atoms with Crippen LogP contribution in [0.2, 0.25) is 0 Å². The molecule has 0 saturated carbocycles. The number of benzene rings is 2. The van der Waals surface area contributed by atoms with Crippen molar-refractivity contribution in [2.24, 2.45) is 4.99 Å². The Hall–Kier alpha value is -2.18. The van der Waals surface area contributed by atoms with E-state index in [4.69, 9.17) is 0 Å². The van der Waals surface area contributed by atoms with Gasteiger partial charge in [0.25, 0.3) is 0 Å². The van der Waals surface area contributed by atoms with Crippen LogP contribution >= 0.6 is 24.0 Å². The van der Waals surface area contributed by atoms with Gasteiger partial charge in [0, 0.05) is 43.8 Å². The summed E-state index contributed by atoms with van der Waals surface area (Å²) in [4.78, 5) is 7.51. The van der Waals surface area contributed by atoms with Gasteiger partial charge < -0.3 is 15.6 Å². The van der Waals surface area contributed by atoms with E-state index in [0.717, 1.165) is 22.0 Å². The summed E-state index contributed by atoms with van der Waals surface area (Å²) in [6.07, 6.45) is 2.56. The summed E-state index contributed by atoms with van der Waals surface area (Å²) in [5, 5.41) is 7.12. The molecule has 0 unspecified atom stereocenters. The van der Waals surface area contributed by atoms with E-state index >= 15 is 0 Å². The zero-order chi connectivity index (χ0) is 21.6. The van der Waals surface area contributed by atoms with Crippen molar-refractivity contribution in [3.8, 4) is 0 Å². The van der Waals surface area contributed by atoms with Gasteiger partial charge in [-0.05, 0) is 49.2 Å². The number of aryl methyl sites for hydroxylation is 1. The van der Waals surface area contributed by atoms with E-state index in [9.17, 15) is 12.8 Å². The molecule has 4 N–H and O–H groups in total. The molecule has 3 rings (SSSR count). The highest BCUT2D eigenvalue weighted by atomic mass is 127. The highest BCUT2D eigenvalue weighted by Gasteiger charge is 2.12. The number of guanidine groups is 1. The molecule has 0 amide bonds. The Bertz CT molecular complexity index is 1130. The molecule has 31 heavy (non-hydrogen) atoms. The zero-order valence-electron chi connectivity index (χ0n) is 17.4. The lowest BCUT2D eigenvalue weighted by Crippen LogP contribution is -2.42. The lowest BCUT2D eigenvalue weighted by atomic mass is 10.1. The molecule has 0 saturated heterocycles. The average Bonchev–Trinajstić information content (AvgIpc) is 3.12. The third-order valence-electron chi connectivity index (χ3n) is 4.68. The van der Waals surface area contributed by atoms with E-state index in [1.54, 1.807) is 37.4 Å². The van der Waals surface area contributed by atoms with E-state index in [2.05, 4.69) is 25.3 Å². The molecule has 0 aliphatic rings. The Morgan fingerprint density at radius 1 is 1.06 bits per heavy atom. The highest BCUT2D eigenvalue weighted by Crippen LogP contribution is 2.19. The zero-order valence-corrected chi connectivity index (χ0v) is 20.6. The fraction of sp³-hybridized carbons (Fsp3) is 0.286. The molecule has 168 valence electrons. The van der Waals surface area contributed by atoms with E-state index in [1.165, 1.54) is 12.1 Å². The number of aliphatic imine (C=N–C) groups is 1. The standard InChI is InChI=1S/C21H26FN5O2S.HI/c1-15-3-6-18(7-4-15)30(28,29)27-12-11-25-21(23-2)24-10-9-16-14-26-20-8-5-17(22)13-19(16)20;/h3-8,13-14,26-27H,9-12H2,1-2H3,(H2,23,24,25);1H. The van der Waals surface area contributed by atoms with Gasteiger partial charge in [-0.15, -0.1) is 24.0 Å². The van der Waals surface area contributed by atoms with Crippen molar-refractivity contribution in [2.45, 2.75) is 18.2 Å². The number of aromatic amines is 1. The first kappa shape index (κ1) is 25.1. The molecule has 0 aliphatic carbocycles. The number of H-pyrrole nitrogens is 1. The molecule has 2 aromatic carbocycles. The largest absolute Gasteiger partial charge is 0.361 e. The summed E-state index contributed by atoms with van der Waals surface area (Å²) in [6.45, 7) is 3.10. The number of rotatable bonds is 8. The Kier molecular flexibility index (Phi) is 9.26. The van der Waals surface area contributed by atoms with Crippen LogP contribution in [0.25, 0.3) is 10.9 Å². The first-order valence-electron chi connectivity index (χ1n) is 9.65. The highest BCUT2D eigenvalue weighted by molar-refractivity contribution is 14.0. The second kappa shape index (κ2) is 11.4. The van der Waals surface area contributed by atoms with Crippen LogP contribution in [0.15, 0.2) is 58.5 Å². The minimum atomic E-state index is -3.54. The van der Waals surface area contributed by atoms with Gasteiger partial charge in [0.2, 0.25) is 10.0 Å². The number of hydrogen-bond donors (Lipinski definition) is 4. The molecule has 10 heteroatoms. The molecular weight excluding hydrogens is 532 g/mol. The summed E-state index contributed by atoms with van der Waals surface area (Å²) < 4.78 is 40.6. The van der Waals surface area contributed by atoms with Gasteiger partial charge in [-0.25, -0.2) is 17.5 Å². The second-order valence-electron chi connectivity index (χ2n) is 6.89. The Morgan fingerprint density at radius 3 is 2.48 bits per heavy atom. The van der Waals surface area contributed by atoms with Gasteiger partial charge >= 0.3 is 0 Å². The molecular formula is C21H27FIN5O2S. The van der Waals surface area contributed by atoms with Gasteiger partial charge in [-0.2, -0.15) is 0 Å². The monoisotopic (exact) mass is 559 g/mol. The number of fused-ring (bicyclic) bond motifs is 1. The Labute approximate surface area is 199 Å². The fourth-order valence-corrected chi connectivity index (χ4v) is 4.09. The molecule has 0 atom stereocenters. The molecule has 7 nitrogen and oxygen atoms in total. The number of hydrogen-bond acceptors (Lipinski definition) is 3. The van der Waals surface area contributed by atoms with Gasteiger partial charge in [-0.3, -0.25) is 4.99 Å². The summed E-state index contributed by atoms with van der Waals surface area (Å²) in [7, 11) is -1.89. The van der Waals surface area contributed by atoms with Crippen LogP contribution in [0.3, 0.4) is 0 Å². The molecule has 0 bridgehead atoms. The topological polar surface area (TPSA) is 98.4 Å². The molecule has 0 radical (unpaired) electrons. The Balaban J connectivity index is 0.00000341. The van der Waals surface area contributed by atoms with Crippen molar-refractivity contribution in [3.05, 3.63) is 65.6 Å². The summed E-state index contributed by atoms with van der Waals surface area (Å²) in [6, 6.07) is 11.4. The predicted octanol–water partition coefficient (Wildman–Crippen LogP) is 2.92. The quantitative estimate of drug-likeness (QED) is 0.148. The van der Waals surface area contributed by atoms with Gasteiger partial charge in [0.05, 0.1) is 4.90 Å². The Morgan fingerprint density at radius 2 is 1.77 bits per heavy atom. The van der Waals surface area contributed by atoms with Crippen LogP contribution in [-0.2, 0) is 16.4 Å². The van der Waals surface area contributed by atoms with E-state index in [1.807, 2.05) is 13.1 Å². The van der Waals surface area contributed by atoms with Crippen molar-refractivity contribution >= 4 is 50.9 Å². The maximum absolute atomic E-state index is 13.5. The molecule has 0 fully saturated rings. The van der Waals surface area contributed by atoms with Crippen molar-refractivity contribution in [1.29, 1.82) is 0 Å². The molecule has 1 aromatic heterocycles. The normalized spacial score (nSPS) is 11.9. The third-order valence-corrected chi connectivity index (χ3v) is 6.16. The first-order valence-corrected chi connectivity index (χ1v) is 11.1. The summed E-state index contributed by atoms with van der Waals surface area (Å²) in [5.74, 6) is 0.303. The summed E-state index contributed by atoms with van der Waals surface area (Å²) >= 11 is 0. The van der Waals surface area contributed by atoms with Crippen LogP contribution in [0.4, 0.5) is 4.39 Å². The minimum Gasteiger partial charge on any atom is -0.361 e. The maximum Gasteiger partial charge on any atom is 0.240 e. The average molecular weight is 559 g/mol. The number of halogens is 2. The van der Waals surface area contributed by atoms with E-state index in [-0.39, 0.29) is 41.2 Å². The van der Waals surface area contributed by atoms with Crippen LogP contribution in [0.5, 0.6) is 0 Å². The van der Waals surface area contributed by atoms with Crippen molar-refractivity contribution in [2.75, 3.05) is 26.7 Å². The number of nitrogens with zero attached hydrogens (tertiary/aromatic N) is 1. The second-order valence-corrected chi connectivity index (χ2v) is 8.66. The molecule has 1 heterocycles. The van der Waals surface area contributed by atoms with Crippen molar-refractivity contribution in [1.82, 2.24) is 20.3 Å². The smallest absolute Gasteiger partial charge is 0.240 e. The van der Waals surface area contributed by atoms with E-state index < -0.39 is 10.0 Å². The van der Waals surface area contributed by atoms with Crippen LogP contribution < -0.4 is 15.4 Å². The maximum atomic E-state index is 13.5. The molecule has 0 aliphatic heterocycles. The lowest BCUT2D eigenvalue weighted by Gasteiger charge is -2.12. The van der Waals surface area contributed by atoms with Crippen LogP contribution in [0.1, 0.15) is 11.1 Å². The number of nitrogens with one attached hydrogen (secondary N) is 4. The van der Waals surface area contributed by atoms with E-state index in [0.29, 0.717) is 25.5 Å². The molecule has 3 aromatic rings. The SMILES string of the molecule is CN=C(NCCNS(=O)(=O)c1ccc(C)cc1)NCCc1c[nH]c2ccc(F)cc12.I. The van der Waals surface area contributed by atoms with Gasteiger partial charge in [0.15, 0.2) is 5.96 Å². The third kappa shape index (κ3) is 6.91. The predicted molar refractivity (Wildman–Crippen MR) is 133 cm³/mol. The summed E-state index contributed by atoms with van der Waals surface area (Å²) in [5.41, 5.74) is 2.91. The van der Waals surface area contributed by atoms with Crippen LogP contribution in [-0.4, -0.2) is 46.0 Å². The minimum absolute atomic E-state index is 0. The number of sulfonamides is 1. The van der Waals surface area contributed by atoms with Gasteiger partial charge in [-0.1, -0.05) is 17.7 Å². The van der Waals surface area contributed by atoms with Gasteiger partial charge in [0.1, 0.15) is 5.82 Å².